The molecular weight excluding hydrogens is 174 g/mol. The Hall–Kier alpha value is -1.10. The molecule has 76 valence electrons. The van der Waals surface area contributed by atoms with Crippen LogP contribution in [0.25, 0.3) is 0 Å². The highest BCUT2D eigenvalue weighted by Crippen LogP contribution is 2.09. The first kappa shape index (κ1) is 11.9. The summed E-state index contributed by atoms with van der Waals surface area (Å²) in [7, 11) is 0. The lowest BCUT2D eigenvalue weighted by Gasteiger charge is -2.24. The molecule has 1 amide bonds. The van der Waals surface area contributed by atoms with Crippen molar-refractivity contribution in [1.29, 1.82) is 0 Å². The number of hydrogen-bond donors (Lipinski definition) is 1. The standard InChI is InChI=1S/C8H15NO4/c1-6(5-10)9(12)7(11)13-8(2,3)4/h5-6,12H,1-4H3. The molecule has 0 aromatic heterocycles. The normalized spacial score (nSPS) is 13.3. The van der Waals surface area contributed by atoms with Crippen LogP contribution in [0.2, 0.25) is 0 Å². The van der Waals surface area contributed by atoms with Crippen molar-refractivity contribution in [2.45, 2.75) is 39.3 Å². The highest BCUT2D eigenvalue weighted by molar-refractivity contribution is 5.71. The van der Waals surface area contributed by atoms with Gasteiger partial charge in [0, 0.05) is 0 Å². The zero-order valence-electron chi connectivity index (χ0n) is 8.27. The van der Waals surface area contributed by atoms with Crippen LogP contribution in [0.4, 0.5) is 4.79 Å². The summed E-state index contributed by atoms with van der Waals surface area (Å²) in [6.07, 6.45) is -0.476. The molecule has 0 aliphatic carbocycles. The second kappa shape index (κ2) is 4.23. The van der Waals surface area contributed by atoms with Crippen molar-refractivity contribution in [3.05, 3.63) is 0 Å². The summed E-state index contributed by atoms with van der Waals surface area (Å²) in [4.78, 5) is 21.3. The zero-order valence-corrected chi connectivity index (χ0v) is 8.27. The maximum atomic E-state index is 11.1. The third kappa shape index (κ3) is 4.47. The largest absolute Gasteiger partial charge is 0.442 e. The van der Waals surface area contributed by atoms with Crippen molar-refractivity contribution >= 4 is 12.4 Å². The maximum Gasteiger partial charge on any atom is 0.434 e. The summed E-state index contributed by atoms with van der Waals surface area (Å²) in [5.74, 6) is 0. The predicted molar refractivity (Wildman–Crippen MR) is 45.4 cm³/mol. The molecule has 0 aliphatic heterocycles. The summed E-state index contributed by atoms with van der Waals surface area (Å²) < 4.78 is 4.80. The summed E-state index contributed by atoms with van der Waals surface area (Å²) >= 11 is 0. The van der Waals surface area contributed by atoms with Gasteiger partial charge in [-0.05, 0) is 27.7 Å². The molecule has 5 heteroatoms. The monoisotopic (exact) mass is 189 g/mol. The lowest BCUT2D eigenvalue weighted by atomic mass is 10.2. The van der Waals surface area contributed by atoms with Crippen LogP contribution in [-0.4, -0.2) is 34.3 Å². The summed E-state index contributed by atoms with van der Waals surface area (Å²) in [5, 5.41) is 9.34. The molecule has 1 atom stereocenters. The first-order chi connectivity index (χ1) is 5.78. The zero-order chi connectivity index (χ0) is 10.6. The van der Waals surface area contributed by atoms with Crippen molar-refractivity contribution in [2.24, 2.45) is 0 Å². The van der Waals surface area contributed by atoms with Gasteiger partial charge in [0.1, 0.15) is 17.9 Å². The van der Waals surface area contributed by atoms with Crippen LogP contribution in [0, 0.1) is 0 Å². The van der Waals surface area contributed by atoms with Gasteiger partial charge in [-0.1, -0.05) is 0 Å². The fourth-order valence-corrected chi connectivity index (χ4v) is 0.533. The van der Waals surface area contributed by atoms with Crippen molar-refractivity contribution in [2.75, 3.05) is 0 Å². The first-order valence-corrected chi connectivity index (χ1v) is 3.94. The van der Waals surface area contributed by atoms with Crippen LogP contribution in [0.5, 0.6) is 0 Å². The summed E-state index contributed by atoms with van der Waals surface area (Å²) in [6.45, 7) is 6.40. The van der Waals surface area contributed by atoms with Crippen LogP contribution in [0.3, 0.4) is 0 Å². The summed E-state index contributed by atoms with van der Waals surface area (Å²) in [5.41, 5.74) is -0.680. The van der Waals surface area contributed by atoms with Gasteiger partial charge in [-0.25, -0.2) is 4.79 Å². The van der Waals surface area contributed by atoms with Gasteiger partial charge in [0.25, 0.3) is 0 Å². The predicted octanol–water partition coefficient (Wildman–Crippen LogP) is 1.20. The highest BCUT2D eigenvalue weighted by Gasteiger charge is 2.24. The first-order valence-electron chi connectivity index (χ1n) is 3.94. The van der Waals surface area contributed by atoms with E-state index in [2.05, 4.69) is 0 Å². The molecule has 1 N–H and O–H groups in total. The fraction of sp³-hybridized carbons (Fsp3) is 0.750. The quantitative estimate of drug-likeness (QED) is 0.402. The Balaban J connectivity index is 4.19. The van der Waals surface area contributed by atoms with Gasteiger partial charge in [-0.15, -0.1) is 0 Å². The molecular formula is C8H15NO4. The van der Waals surface area contributed by atoms with Gasteiger partial charge < -0.3 is 9.53 Å². The molecule has 0 aromatic rings. The Morgan fingerprint density at radius 2 is 2.00 bits per heavy atom. The van der Waals surface area contributed by atoms with E-state index in [0.29, 0.717) is 6.29 Å². The van der Waals surface area contributed by atoms with Gasteiger partial charge in [0.05, 0.1) is 0 Å². The molecule has 0 heterocycles. The molecule has 0 aliphatic rings. The van der Waals surface area contributed by atoms with Crippen molar-refractivity contribution in [3.63, 3.8) is 0 Å². The topological polar surface area (TPSA) is 66.8 Å². The van der Waals surface area contributed by atoms with E-state index in [1.807, 2.05) is 0 Å². The number of hydrogen-bond acceptors (Lipinski definition) is 4. The van der Waals surface area contributed by atoms with Crippen LogP contribution < -0.4 is 0 Å². The smallest absolute Gasteiger partial charge is 0.434 e. The van der Waals surface area contributed by atoms with E-state index in [1.165, 1.54) is 6.92 Å². The minimum atomic E-state index is -0.924. The number of carbonyl (C=O) groups is 2. The Bertz CT molecular complexity index is 197. The average Bonchev–Trinajstić information content (AvgIpc) is 1.98. The second-order valence-corrected chi connectivity index (χ2v) is 3.70. The number of aldehydes is 1. The van der Waals surface area contributed by atoms with Crippen molar-refractivity contribution < 1.29 is 19.5 Å². The van der Waals surface area contributed by atoms with Gasteiger partial charge in [0.2, 0.25) is 0 Å². The maximum absolute atomic E-state index is 11.1. The molecule has 0 saturated heterocycles. The van der Waals surface area contributed by atoms with Crippen LogP contribution in [-0.2, 0) is 9.53 Å². The molecule has 0 rings (SSSR count). The average molecular weight is 189 g/mol. The Kier molecular flexibility index (Phi) is 3.87. The number of amides is 1. The Morgan fingerprint density at radius 3 is 2.31 bits per heavy atom. The number of carbonyl (C=O) groups excluding carboxylic acids is 2. The van der Waals surface area contributed by atoms with Crippen LogP contribution in [0.1, 0.15) is 27.7 Å². The highest BCUT2D eigenvalue weighted by atomic mass is 16.6. The van der Waals surface area contributed by atoms with E-state index < -0.39 is 17.7 Å². The number of ether oxygens (including phenoxy) is 1. The molecule has 5 nitrogen and oxygen atoms in total. The Labute approximate surface area is 77.2 Å². The van der Waals surface area contributed by atoms with E-state index in [1.54, 1.807) is 20.8 Å². The van der Waals surface area contributed by atoms with Crippen molar-refractivity contribution in [3.8, 4) is 0 Å². The fourth-order valence-electron chi connectivity index (χ4n) is 0.533. The van der Waals surface area contributed by atoms with Crippen molar-refractivity contribution in [1.82, 2.24) is 5.06 Å². The SMILES string of the molecule is CC(C=O)N(O)C(=O)OC(C)(C)C. The van der Waals surface area contributed by atoms with Gasteiger partial charge in [-0.2, -0.15) is 5.06 Å². The van der Waals surface area contributed by atoms with E-state index >= 15 is 0 Å². The molecule has 0 radical (unpaired) electrons. The lowest BCUT2D eigenvalue weighted by molar-refractivity contribution is -0.136. The van der Waals surface area contributed by atoms with E-state index in [-0.39, 0.29) is 5.06 Å². The number of hydroxylamine groups is 2. The van der Waals surface area contributed by atoms with E-state index in [0.717, 1.165) is 0 Å². The second-order valence-electron chi connectivity index (χ2n) is 3.70. The molecule has 1 unspecified atom stereocenters. The van der Waals surface area contributed by atoms with Crippen LogP contribution >= 0.6 is 0 Å². The third-order valence-electron chi connectivity index (χ3n) is 1.16. The minimum Gasteiger partial charge on any atom is -0.442 e. The molecule has 0 saturated carbocycles. The van der Waals surface area contributed by atoms with E-state index in [4.69, 9.17) is 9.94 Å². The third-order valence-corrected chi connectivity index (χ3v) is 1.16. The summed E-state index contributed by atoms with van der Waals surface area (Å²) in [6, 6.07) is -0.894. The van der Waals surface area contributed by atoms with E-state index in [9.17, 15) is 9.59 Å². The van der Waals surface area contributed by atoms with Gasteiger partial charge >= 0.3 is 6.09 Å². The molecule has 0 aromatic carbocycles. The lowest BCUT2D eigenvalue weighted by Crippen LogP contribution is -2.40. The molecule has 0 bridgehead atoms. The van der Waals surface area contributed by atoms with Crippen LogP contribution in [0.15, 0.2) is 0 Å². The van der Waals surface area contributed by atoms with Gasteiger partial charge in [0.15, 0.2) is 0 Å². The molecule has 0 spiro atoms. The Morgan fingerprint density at radius 1 is 1.54 bits per heavy atom. The minimum absolute atomic E-state index is 0.262. The number of rotatable bonds is 2. The molecule has 13 heavy (non-hydrogen) atoms. The number of nitrogens with zero attached hydrogens (tertiary/aromatic N) is 1. The molecule has 0 fully saturated rings. The van der Waals surface area contributed by atoms with Gasteiger partial charge in [-0.3, -0.25) is 5.21 Å².